The van der Waals surface area contributed by atoms with Crippen LogP contribution in [0.2, 0.25) is 0 Å². The van der Waals surface area contributed by atoms with Crippen LogP contribution in [0, 0.1) is 11.8 Å². The molecule has 2 atom stereocenters. The van der Waals surface area contributed by atoms with E-state index >= 15 is 0 Å². The fraction of sp³-hybridized carbons (Fsp3) is 0.889. The van der Waals surface area contributed by atoms with Crippen LogP contribution in [-0.2, 0) is 9.53 Å². The van der Waals surface area contributed by atoms with Crippen molar-refractivity contribution in [3.8, 4) is 0 Å². The highest BCUT2D eigenvalue weighted by Gasteiger charge is 2.47. The largest absolute Gasteiger partial charge is 0.479 e. The molecule has 0 aliphatic heterocycles. The minimum absolute atomic E-state index is 0.282. The van der Waals surface area contributed by atoms with Gasteiger partial charge in [-0.05, 0) is 25.7 Å². The number of carboxylic acids is 1. The molecule has 1 aliphatic carbocycles. The van der Waals surface area contributed by atoms with E-state index in [0.29, 0.717) is 12.5 Å². The molecule has 0 aromatic rings. The molecule has 13 heavy (non-hydrogen) atoms. The normalized spacial score (nSPS) is 23.6. The van der Waals surface area contributed by atoms with Crippen LogP contribution in [0.4, 0.5) is 0 Å². The van der Waals surface area contributed by atoms with Gasteiger partial charge in [0.2, 0.25) is 0 Å². The van der Waals surface area contributed by atoms with Crippen molar-refractivity contribution in [2.24, 2.45) is 11.8 Å². The van der Waals surface area contributed by atoms with Crippen molar-refractivity contribution in [2.75, 3.05) is 13.7 Å². The Morgan fingerprint density at radius 2 is 2.23 bits per heavy atom. The van der Waals surface area contributed by atoms with Crippen molar-refractivity contribution in [2.45, 2.75) is 25.4 Å². The number of carbonyl (C=O) groups is 1. The third-order valence-corrected chi connectivity index (χ3v) is 2.69. The van der Waals surface area contributed by atoms with Crippen molar-refractivity contribution >= 4 is 5.97 Å². The molecule has 2 N–H and O–H groups in total. The van der Waals surface area contributed by atoms with Crippen molar-refractivity contribution in [1.29, 1.82) is 0 Å². The smallest absolute Gasteiger partial charge is 0.335 e. The zero-order chi connectivity index (χ0) is 10.1. The van der Waals surface area contributed by atoms with Crippen LogP contribution in [-0.4, -0.2) is 35.5 Å². The van der Waals surface area contributed by atoms with Crippen LogP contribution in [0.15, 0.2) is 0 Å². The van der Waals surface area contributed by atoms with E-state index in [4.69, 9.17) is 9.84 Å². The lowest BCUT2D eigenvalue weighted by molar-refractivity contribution is -0.166. The zero-order valence-electron chi connectivity index (χ0n) is 7.99. The van der Waals surface area contributed by atoms with Gasteiger partial charge in [-0.2, -0.15) is 0 Å². The molecule has 0 heterocycles. The number of hydrogen-bond donors (Lipinski definition) is 2. The van der Waals surface area contributed by atoms with Gasteiger partial charge < -0.3 is 14.9 Å². The quantitative estimate of drug-likeness (QED) is 0.659. The van der Waals surface area contributed by atoms with Gasteiger partial charge in [0.1, 0.15) is 0 Å². The molecular weight excluding hydrogens is 172 g/mol. The first-order valence-electron chi connectivity index (χ1n) is 4.45. The number of hydrogen-bond acceptors (Lipinski definition) is 3. The molecule has 1 saturated carbocycles. The van der Waals surface area contributed by atoms with Crippen LogP contribution >= 0.6 is 0 Å². The molecule has 2 unspecified atom stereocenters. The lowest BCUT2D eigenvalue weighted by Crippen LogP contribution is -2.45. The van der Waals surface area contributed by atoms with E-state index in [9.17, 15) is 9.90 Å². The van der Waals surface area contributed by atoms with Gasteiger partial charge in [-0.3, -0.25) is 0 Å². The summed E-state index contributed by atoms with van der Waals surface area (Å²) in [7, 11) is 1.52. The van der Waals surface area contributed by atoms with Gasteiger partial charge in [0.05, 0.1) is 6.61 Å². The lowest BCUT2D eigenvalue weighted by Gasteiger charge is -2.28. The fourth-order valence-corrected chi connectivity index (χ4v) is 1.59. The summed E-state index contributed by atoms with van der Waals surface area (Å²) in [6.07, 6.45) is 1.99. The molecule has 76 valence electrons. The van der Waals surface area contributed by atoms with Gasteiger partial charge in [-0.1, -0.05) is 0 Å². The third kappa shape index (κ3) is 2.19. The molecule has 4 heteroatoms. The zero-order valence-corrected chi connectivity index (χ0v) is 7.99. The van der Waals surface area contributed by atoms with E-state index in [2.05, 4.69) is 0 Å². The maximum Gasteiger partial charge on any atom is 0.335 e. The summed E-state index contributed by atoms with van der Waals surface area (Å²) < 4.78 is 4.92. The van der Waals surface area contributed by atoms with Crippen molar-refractivity contribution in [3.63, 3.8) is 0 Å². The Morgan fingerprint density at radius 3 is 2.54 bits per heavy atom. The van der Waals surface area contributed by atoms with Crippen LogP contribution in [0.25, 0.3) is 0 Å². The summed E-state index contributed by atoms with van der Waals surface area (Å²) in [6, 6.07) is 0. The van der Waals surface area contributed by atoms with Gasteiger partial charge in [0, 0.05) is 13.0 Å². The van der Waals surface area contributed by atoms with E-state index in [0.717, 1.165) is 12.8 Å². The highest BCUT2D eigenvalue weighted by molar-refractivity contribution is 5.77. The van der Waals surface area contributed by atoms with Crippen LogP contribution in [0.3, 0.4) is 0 Å². The topological polar surface area (TPSA) is 66.8 Å². The lowest BCUT2D eigenvalue weighted by atomic mass is 9.86. The van der Waals surface area contributed by atoms with Gasteiger partial charge in [0.25, 0.3) is 0 Å². The Balaban J connectivity index is 2.66. The van der Waals surface area contributed by atoms with Crippen molar-refractivity contribution < 1.29 is 19.7 Å². The van der Waals surface area contributed by atoms with Crippen LogP contribution < -0.4 is 0 Å². The molecule has 0 aromatic carbocycles. The standard InChI is InChI=1S/C9H16O4/c1-9(12,8(10)11)7(5-13-2)6-3-4-6/h6-7,12H,3-5H2,1-2H3,(H,10,11). The molecule has 0 bridgehead atoms. The molecule has 0 spiro atoms. The predicted molar refractivity (Wildman–Crippen MR) is 46.3 cm³/mol. The Labute approximate surface area is 77.5 Å². The monoisotopic (exact) mass is 188 g/mol. The van der Waals surface area contributed by atoms with E-state index in [1.54, 1.807) is 0 Å². The molecular formula is C9H16O4. The maximum absolute atomic E-state index is 10.8. The van der Waals surface area contributed by atoms with Crippen molar-refractivity contribution in [1.82, 2.24) is 0 Å². The highest BCUT2D eigenvalue weighted by atomic mass is 16.5. The maximum atomic E-state index is 10.8. The number of methoxy groups -OCH3 is 1. The molecule has 1 aliphatic rings. The number of aliphatic carboxylic acids is 1. The second-order valence-corrected chi connectivity index (χ2v) is 3.85. The Kier molecular flexibility index (Phi) is 2.93. The van der Waals surface area contributed by atoms with E-state index in [-0.39, 0.29) is 5.92 Å². The molecule has 0 saturated heterocycles. The summed E-state index contributed by atoms with van der Waals surface area (Å²) in [4.78, 5) is 10.8. The molecule has 0 radical (unpaired) electrons. The number of rotatable bonds is 5. The Morgan fingerprint density at radius 1 is 1.69 bits per heavy atom. The summed E-state index contributed by atoms with van der Waals surface area (Å²) in [5, 5.41) is 18.5. The van der Waals surface area contributed by atoms with Crippen LogP contribution in [0.1, 0.15) is 19.8 Å². The molecule has 0 aromatic heterocycles. The van der Waals surface area contributed by atoms with Crippen LogP contribution in [0.5, 0.6) is 0 Å². The first kappa shape index (κ1) is 10.5. The molecule has 0 amide bonds. The Bertz CT molecular complexity index is 196. The average molecular weight is 188 g/mol. The average Bonchev–Trinajstić information content (AvgIpc) is 2.82. The molecule has 4 nitrogen and oxygen atoms in total. The minimum atomic E-state index is -1.66. The van der Waals surface area contributed by atoms with E-state index < -0.39 is 11.6 Å². The number of carboxylic acid groups (broad SMARTS) is 1. The number of aliphatic hydroxyl groups is 1. The second-order valence-electron chi connectivity index (χ2n) is 3.85. The summed E-state index contributed by atoms with van der Waals surface area (Å²) in [5.41, 5.74) is -1.66. The first-order valence-corrected chi connectivity index (χ1v) is 4.45. The second kappa shape index (κ2) is 3.64. The predicted octanol–water partition coefficient (Wildman–Crippen LogP) is 0.495. The Hall–Kier alpha value is -0.610. The molecule has 1 fully saturated rings. The summed E-state index contributed by atoms with van der Waals surface area (Å²) in [5.74, 6) is -1.14. The third-order valence-electron chi connectivity index (χ3n) is 2.69. The highest BCUT2D eigenvalue weighted by Crippen LogP contribution is 2.42. The van der Waals surface area contributed by atoms with Gasteiger partial charge >= 0.3 is 5.97 Å². The first-order chi connectivity index (χ1) is 6.00. The SMILES string of the molecule is COCC(C1CC1)C(C)(O)C(=O)O. The number of ether oxygens (including phenoxy) is 1. The fourth-order valence-electron chi connectivity index (χ4n) is 1.59. The minimum Gasteiger partial charge on any atom is -0.479 e. The van der Waals surface area contributed by atoms with Gasteiger partial charge in [-0.25, -0.2) is 4.79 Å². The summed E-state index contributed by atoms with van der Waals surface area (Å²) >= 11 is 0. The van der Waals surface area contributed by atoms with E-state index in [1.807, 2.05) is 0 Å². The van der Waals surface area contributed by atoms with Crippen molar-refractivity contribution in [3.05, 3.63) is 0 Å². The molecule has 1 rings (SSSR count). The van der Waals surface area contributed by atoms with E-state index in [1.165, 1.54) is 14.0 Å². The van der Waals surface area contributed by atoms with Gasteiger partial charge in [0.15, 0.2) is 5.60 Å². The summed E-state index contributed by atoms with van der Waals surface area (Å²) in [6.45, 7) is 1.65. The van der Waals surface area contributed by atoms with Gasteiger partial charge in [-0.15, -0.1) is 0 Å².